The normalized spacial score (nSPS) is 21.5. The smallest absolute Gasteiger partial charge is 0.295 e. The molecule has 1 atom stereocenters. The zero-order valence-electron chi connectivity index (χ0n) is 12.4. The molecule has 22 heavy (non-hydrogen) atoms. The second-order valence-electron chi connectivity index (χ2n) is 5.55. The Morgan fingerprint density at radius 1 is 1.36 bits per heavy atom. The number of hydrogen-bond donors (Lipinski definition) is 0. The van der Waals surface area contributed by atoms with Crippen LogP contribution in [0.4, 0.5) is 15.8 Å². The highest BCUT2D eigenvalue weighted by molar-refractivity contribution is 5.66. The van der Waals surface area contributed by atoms with Gasteiger partial charge in [-0.3, -0.25) is 15.0 Å². The number of nitro benzene ring substituents is 1. The summed E-state index contributed by atoms with van der Waals surface area (Å²) in [5.74, 6) is -0.677. The zero-order chi connectivity index (χ0) is 15.7. The molecule has 1 aromatic rings. The van der Waals surface area contributed by atoms with Gasteiger partial charge in [0.2, 0.25) is 0 Å². The molecule has 2 heterocycles. The third-order valence-corrected chi connectivity index (χ3v) is 4.31. The molecule has 0 amide bonds. The lowest BCUT2D eigenvalue weighted by atomic mass is 10.2. The van der Waals surface area contributed by atoms with Gasteiger partial charge in [0, 0.05) is 38.3 Å². The van der Waals surface area contributed by atoms with Crippen molar-refractivity contribution < 1.29 is 14.1 Å². The van der Waals surface area contributed by atoms with Gasteiger partial charge in [-0.2, -0.15) is 0 Å². The number of nitrogens with zero attached hydrogens (tertiary/aromatic N) is 3. The van der Waals surface area contributed by atoms with Crippen LogP contribution in [0.3, 0.4) is 0 Å². The van der Waals surface area contributed by atoms with Crippen LogP contribution >= 0.6 is 0 Å². The van der Waals surface area contributed by atoms with Crippen molar-refractivity contribution in [1.29, 1.82) is 0 Å². The first-order valence-corrected chi connectivity index (χ1v) is 7.26. The molecule has 0 aromatic heterocycles. The summed E-state index contributed by atoms with van der Waals surface area (Å²) in [6.45, 7) is 3.27. The van der Waals surface area contributed by atoms with Gasteiger partial charge >= 0.3 is 0 Å². The Balaban J connectivity index is 1.86. The molecule has 1 fully saturated rings. The first-order chi connectivity index (χ1) is 10.6. The summed E-state index contributed by atoms with van der Waals surface area (Å²) in [6, 6.07) is 2.74. The zero-order valence-corrected chi connectivity index (χ0v) is 12.4. The van der Waals surface area contributed by atoms with Crippen molar-refractivity contribution in [1.82, 2.24) is 4.90 Å². The van der Waals surface area contributed by atoms with Gasteiger partial charge in [0.05, 0.1) is 18.1 Å². The maximum Gasteiger partial charge on any atom is 0.295 e. The molecule has 0 radical (unpaired) electrons. The van der Waals surface area contributed by atoms with E-state index in [1.807, 2.05) is 4.90 Å². The summed E-state index contributed by atoms with van der Waals surface area (Å²) < 4.78 is 18.7. The molecule has 0 aliphatic carbocycles. The number of nitro groups is 1. The predicted octanol–water partition coefficient (Wildman–Crippen LogP) is 2.19. The number of ether oxygens (including phenoxy) is 1. The number of methoxy groups -OCH3 is 1. The Hall–Kier alpha value is -2.15. The van der Waals surface area contributed by atoms with E-state index in [-0.39, 0.29) is 11.4 Å². The summed E-state index contributed by atoms with van der Waals surface area (Å²) in [5.41, 5.74) is 0.219. The summed E-state index contributed by atoms with van der Waals surface area (Å²) in [4.78, 5) is 15.0. The third-order valence-electron chi connectivity index (χ3n) is 4.31. The lowest BCUT2D eigenvalue weighted by Crippen LogP contribution is -2.35. The fourth-order valence-corrected chi connectivity index (χ4v) is 3.14. The Morgan fingerprint density at radius 2 is 2.09 bits per heavy atom. The summed E-state index contributed by atoms with van der Waals surface area (Å²) in [7, 11) is 1.36. The van der Waals surface area contributed by atoms with Gasteiger partial charge in [0.25, 0.3) is 5.69 Å². The van der Waals surface area contributed by atoms with Crippen molar-refractivity contribution in [3.8, 4) is 5.75 Å². The maximum atomic E-state index is 13.7. The molecule has 0 unspecified atom stereocenters. The minimum absolute atomic E-state index is 0.0342. The second-order valence-corrected chi connectivity index (χ2v) is 5.55. The minimum Gasteiger partial charge on any atom is -0.494 e. The van der Waals surface area contributed by atoms with Gasteiger partial charge < -0.3 is 9.64 Å². The highest BCUT2D eigenvalue weighted by atomic mass is 19.1. The molecule has 1 saturated heterocycles. The van der Waals surface area contributed by atoms with Crippen molar-refractivity contribution in [3.05, 3.63) is 40.2 Å². The van der Waals surface area contributed by atoms with Crippen LogP contribution in [-0.2, 0) is 0 Å². The van der Waals surface area contributed by atoms with E-state index in [0.717, 1.165) is 32.1 Å². The van der Waals surface area contributed by atoms with E-state index >= 15 is 0 Å². The van der Waals surface area contributed by atoms with Gasteiger partial charge in [-0.05, 0) is 6.42 Å². The molecular weight excluding hydrogens is 289 g/mol. The Morgan fingerprint density at radius 3 is 2.73 bits per heavy atom. The molecule has 6 nitrogen and oxygen atoms in total. The molecule has 3 rings (SSSR count). The monoisotopic (exact) mass is 307 g/mol. The van der Waals surface area contributed by atoms with E-state index in [4.69, 9.17) is 4.74 Å². The Bertz CT molecular complexity index is 612. The standard InChI is InChI=1S/C15H18FN3O3/c1-22-15-9-13(14(19(20)21)8-12(15)16)18-7-4-11(10-18)17-5-2-3-6-17/h2-3,8-9,11H,4-7,10H2,1H3/t11-/m0/s1. The quantitative estimate of drug-likeness (QED) is 0.485. The molecule has 0 saturated carbocycles. The van der Waals surface area contributed by atoms with Gasteiger partial charge in [0.15, 0.2) is 11.6 Å². The largest absolute Gasteiger partial charge is 0.494 e. The highest BCUT2D eigenvalue weighted by Gasteiger charge is 2.32. The third kappa shape index (κ3) is 2.64. The fraction of sp³-hybridized carbons (Fsp3) is 0.467. The van der Waals surface area contributed by atoms with Crippen LogP contribution in [0, 0.1) is 15.9 Å². The highest BCUT2D eigenvalue weighted by Crippen LogP contribution is 2.36. The second kappa shape index (κ2) is 5.92. The van der Waals surface area contributed by atoms with E-state index < -0.39 is 10.7 Å². The Labute approximate surface area is 127 Å². The number of rotatable bonds is 4. The van der Waals surface area contributed by atoms with Crippen molar-refractivity contribution in [2.75, 3.05) is 38.2 Å². The first-order valence-electron chi connectivity index (χ1n) is 7.26. The summed E-state index contributed by atoms with van der Waals surface area (Å²) in [6.07, 6.45) is 5.20. The summed E-state index contributed by atoms with van der Waals surface area (Å²) in [5, 5.41) is 11.2. The number of halogens is 1. The minimum atomic E-state index is -0.711. The van der Waals surface area contributed by atoms with E-state index in [1.165, 1.54) is 13.2 Å². The molecule has 118 valence electrons. The van der Waals surface area contributed by atoms with Gasteiger partial charge in [-0.25, -0.2) is 4.39 Å². The van der Waals surface area contributed by atoms with Crippen molar-refractivity contribution >= 4 is 11.4 Å². The van der Waals surface area contributed by atoms with Crippen molar-refractivity contribution in [2.45, 2.75) is 12.5 Å². The average molecular weight is 307 g/mol. The van der Waals surface area contributed by atoms with E-state index in [1.54, 1.807) is 0 Å². The predicted molar refractivity (Wildman–Crippen MR) is 80.9 cm³/mol. The van der Waals surface area contributed by atoms with Crippen molar-refractivity contribution in [3.63, 3.8) is 0 Å². The molecule has 2 aliphatic rings. The lowest BCUT2D eigenvalue weighted by molar-refractivity contribution is -0.384. The first kappa shape index (κ1) is 14.8. The van der Waals surface area contributed by atoms with Crippen LogP contribution in [0.25, 0.3) is 0 Å². The molecule has 0 bridgehead atoms. The molecule has 0 spiro atoms. The van der Waals surface area contributed by atoms with E-state index in [9.17, 15) is 14.5 Å². The number of anilines is 1. The molecular formula is C15H18FN3O3. The van der Waals surface area contributed by atoms with E-state index in [0.29, 0.717) is 18.3 Å². The van der Waals surface area contributed by atoms with Crippen LogP contribution in [0.1, 0.15) is 6.42 Å². The van der Waals surface area contributed by atoms with Crippen LogP contribution in [-0.4, -0.2) is 49.2 Å². The summed E-state index contributed by atoms with van der Waals surface area (Å²) >= 11 is 0. The molecule has 7 heteroatoms. The van der Waals surface area contributed by atoms with Crippen LogP contribution in [0.2, 0.25) is 0 Å². The topological polar surface area (TPSA) is 58.8 Å². The SMILES string of the molecule is COc1cc(N2CC[C@H](N3CC=CC3)C2)c([N+](=O)[O-])cc1F. The Kier molecular flexibility index (Phi) is 3.98. The van der Waals surface area contributed by atoms with Crippen LogP contribution in [0.15, 0.2) is 24.3 Å². The fourth-order valence-electron chi connectivity index (χ4n) is 3.14. The van der Waals surface area contributed by atoms with Gasteiger partial charge in [-0.1, -0.05) is 12.2 Å². The number of benzene rings is 1. The van der Waals surface area contributed by atoms with Gasteiger partial charge in [0.1, 0.15) is 5.69 Å². The lowest BCUT2D eigenvalue weighted by Gasteiger charge is -2.24. The average Bonchev–Trinajstić information content (AvgIpc) is 3.17. The van der Waals surface area contributed by atoms with Crippen molar-refractivity contribution in [2.24, 2.45) is 0 Å². The molecule has 0 N–H and O–H groups in total. The van der Waals surface area contributed by atoms with Crippen LogP contribution < -0.4 is 9.64 Å². The van der Waals surface area contributed by atoms with E-state index in [2.05, 4.69) is 17.1 Å². The van der Waals surface area contributed by atoms with Gasteiger partial charge in [-0.15, -0.1) is 0 Å². The maximum absolute atomic E-state index is 13.7. The number of hydrogen-bond acceptors (Lipinski definition) is 5. The molecule has 2 aliphatic heterocycles. The molecule has 1 aromatic carbocycles. The van der Waals surface area contributed by atoms with Crippen LogP contribution in [0.5, 0.6) is 5.75 Å².